The molecule has 1 aromatic heterocycles. The quantitative estimate of drug-likeness (QED) is 0.361. The van der Waals surface area contributed by atoms with Gasteiger partial charge in [0.05, 0.1) is 5.69 Å². The lowest BCUT2D eigenvalue weighted by Crippen LogP contribution is -2.34. The molecule has 0 saturated heterocycles. The van der Waals surface area contributed by atoms with E-state index in [2.05, 4.69) is 46.8 Å². The highest BCUT2D eigenvalue weighted by Crippen LogP contribution is 2.18. The number of hydrogen-bond donors (Lipinski definition) is 2. The molecule has 0 aliphatic rings. The van der Waals surface area contributed by atoms with Crippen LogP contribution in [0.15, 0.2) is 66.7 Å². The summed E-state index contributed by atoms with van der Waals surface area (Å²) in [7, 11) is 0. The molecule has 0 aliphatic carbocycles. The van der Waals surface area contributed by atoms with E-state index in [1.807, 2.05) is 42.5 Å². The SMILES string of the molecule is CCCCc1ccc(-n2nc3ccc(NC(=S)NC(=O)c4ccc(CC)cc4)cc3n2)cc1. The van der Waals surface area contributed by atoms with Crippen LogP contribution in [0, 0.1) is 0 Å². The van der Waals surface area contributed by atoms with Crippen molar-refractivity contribution < 1.29 is 4.79 Å². The van der Waals surface area contributed by atoms with Crippen molar-refractivity contribution in [1.82, 2.24) is 20.3 Å². The number of carbonyl (C=O) groups excluding carboxylic acids is 1. The van der Waals surface area contributed by atoms with E-state index < -0.39 is 0 Å². The van der Waals surface area contributed by atoms with Crippen LogP contribution in [0.1, 0.15) is 48.2 Å². The number of hydrogen-bond acceptors (Lipinski definition) is 4. The zero-order chi connectivity index (χ0) is 23.2. The topological polar surface area (TPSA) is 71.8 Å². The highest BCUT2D eigenvalue weighted by Gasteiger charge is 2.10. The van der Waals surface area contributed by atoms with Crippen LogP contribution in [-0.2, 0) is 12.8 Å². The van der Waals surface area contributed by atoms with Gasteiger partial charge >= 0.3 is 0 Å². The van der Waals surface area contributed by atoms with Crippen molar-refractivity contribution >= 4 is 40.0 Å². The van der Waals surface area contributed by atoms with E-state index in [-0.39, 0.29) is 11.0 Å². The molecule has 2 N–H and O–H groups in total. The Balaban J connectivity index is 1.42. The monoisotopic (exact) mass is 457 g/mol. The largest absolute Gasteiger partial charge is 0.332 e. The van der Waals surface area contributed by atoms with E-state index in [0.29, 0.717) is 5.56 Å². The summed E-state index contributed by atoms with van der Waals surface area (Å²) in [5.41, 5.74) is 6.23. The number of amides is 1. The lowest BCUT2D eigenvalue weighted by atomic mass is 10.1. The van der Waals surface area contributed by atoms with Gasteiger partial charge in [-0.25, -0.2) is 0 Å². The van der Waals surface area contributed by atoms with Crippen LogP contribution < -0.4 is 10.6 Å². The van der Waals surface area contributed by atoms with Crippen molar-refractivity contribution in [2.45, 2.75) is 39.5 Å². The first-order valence-corrected chi connectivity index (χ1v) is 11.6. The molecule has 0 atom stereocenters. The predicted molar refractivity (Wildman–Crippen MR) is 137 cm³/mol. The first-order valence-electron chi connectivity index (χ1n) is 11.2. The molecule has 0 fully saturated rings. The first-order chi connectivity index (χ1) is 16.1. The summed E-state index contributed by atoms with van der Waals surface area (Å²) in [6, 6.07) is 21.4. The van der Waals surface area contributed by atoms with Crippen LogP contribution in [0.3, 0.4) is 0 Å². The van der Waals surface area contributed by atoms with Gasteiger partial charge in [0.1, 0.15) is 11.0 Å². The number of thiocarbonyl (C=S) groups is 1. The third-order valence-electron chi connectivity index (χ3n) is 5.48. The molecule has 1 heterocycles. The summed E-state index contributed by atoms with van der Waals surface area (Å²) in [6.07, 6.45) is 4.38. The van der Waals surface area contributed by atoms with Gasteiger partial charge in [-0.1, -0.05) is 44.5 Å². The minimum Gasteiger partial charge on any atom is -0.332 e. The summed E-state index contributed by atoms with van der Waals surface area (Å²) < 4.78 is 0. The Morgan fingerprint density at radius 2 is 1.61 bits per heavy atom. The molecule has 33 heavy (non-hydrogen) atoms. The highest BCUT2D eigenvalue weighted by atomic mass is 32.1. The van der Waals surface area contributed by atoms with E-state index in [1.165, 1.54) is 24.0 Å². The first kappa shape index (κ1) is 22.6. The second-order valence-corrected chi connectivity index (χ2v) is 8.33. The van der Waals surface area contributed by atoms with Crippen molar-refractivity contribution in [1.29, 1.82) is 0 Å². The maximum atomic E-state index is 12.4. The molecule has 0 bridgehead atoms. The third-order valence-corrected chi connectivity index (χ3v) is 5.68. The van der Waals surface area contributed by atoms with Crippen molar-refractivity contribution in [3.63, 3.8) is 0 Å². The van der Waals surface area contributed by atoms with Gasteiger partial charge in [-0.05, 0) is 85.1 Å². The molecule has 0 aliphatic heterocycles. The molecule has 0 unspecified atom stereocenters. The number of nitrogens with zero attached hydrogens (tertiary/aromatic N) is 3. The number of unbranched alkanes of at least 4 members (excludes halogenated alkanes) is 1. The van der Waals surface area contributed by atoms with Gasteiger partial charge < -0.3 is 5.32 Å². The van der Waals surface area contributed by atoms with Crippen LogP contribution in [0.4, 0.5) is 5.69 Å². The summed E-state index contributed by atoms with van der Waals surface area (Å²) in [5.74, 6) is -0.246. The van der Waals surface area contributed by atoms with E-state index in [9.17, 15) is 4.79 Å². The fourth-order valence-corrected chi connectivity index (χ4v) is 3.72. The van der Waals surface area contributed by atoms with Gasteiger partial charge in [0.15, 0.2) is 5.11 Å². The number of aryl methyl sites for hydroxylation is 2. The van der Waals surface area contributed by atoms with Crippen LogP contribution in [-0.4, -0.2) is 26.0 Å². The smallest absolute Gasteiger partial charge is 0.257 e. The molecule has 4 aromatic rings. The van der Waals surface area contributed by atoms with Crippen molar-refractivity contribution in [3.8, 4) is 5.69 Å². The summed E-state index contributed by atoms with van der Waals surface area (Å²) in [6.45, 7) is 4.27. The van der Waals surface area contributed by atoms with Crippen LogP contribution in [0.5, 0.6) is 0 Å². The zero-order valence-electron chi connectivity index (χ0n) is 18.8. The molecule has 168 valence electrons. The van der Waals surface area contributed by atoms with E-state index in [1.54, 1.807) is 16.9 Å². The molecular weight excluding hydrogens is 430 g/mol. The van der Waals surface area contributed by atoms with E-state index in [0.717, 1.165) is 35.2 Å². The third kappa shape index (κ3) is 5.62. The van der Waals surface area contributed by atoms with Gasteiger partial charge in [-0.15, -0.1) is 10.2 Å². The molecular formula is C26H27N5OS. The standard InChI is InChI=1S/C26H27N5OS/c1-3-5-6-19-9-14-22(15-10-19)31-29-23-16-13-21(17-24(23)30-31)27-26(33)28-25(32)20-11-7-18(4-2)8-12-20/h7-17H,3-6H2,1-2H3,(H2,27,28,32,33). The maximum Gasteiger partial charge on any atom is 0.257 e. The molecule has 7 heteroatoms. The number of fused-ring (bicyclic) bond motifs is 1. The Labute approximate surface area is 199 Å². The molecule has 0 saturated carbocycles. The highest BCUT2D eigenvalue weighted by molar-refractivity contribution is 7.80. The van der Waals surface area contributed by atoms with E-state index in [4.69, 9.17) is 12.2 Å². The number of nitrogens with one attached hydrogen (secondary N) is 2. The number of carbonyl (C=O) groups is 1. The summed E-state index contributed by atoms with van der Waals surface area (Å²) >= 11 is 5.32. The molecule has 6 nitrogen and oxygen atoms in total. The molecule has 1 amide bonds. The molecule has 3 aromatic carbocycles. The Kier molecular flexibility index (Phi) is 7.10. The average Bonchev–Trinajstić information content (AvgIpc) is 3.26. The van der Waals surface area contributed by atoms with Crippen molar-refractivity contribution in [2.75, 3.05) is 5.32 Å². The van der Waals surface area contributed by atoms with Crippen LogP contribution in [0.25, 0.3) is 16.7 Å². The Bertz CT molecular complexity index is 1260. The maximum absolute atomic E-state index is 12.4. The number of anilines is 1. The number of aromatic nitrogens is 3. The van der Waals surface area contributed by atoms with Crippen molar-refractivity contribution in [3.05, 3.63) is 83.4 Å². The molecule has 4 rings (SSSR count). The fourth-order valence-electron chi connectivity index (χ4n) is 3.51. The lowest BCUT2D eigenvalue weighted by Gasteiger charge is -2.09. The summed E-state index contributed by atoms with van der Waals surface area (Å²) in [4.78, 5) is 14.1. The Morgan fingerprint density at radius 1 is 0.909 bits per heavy atom. The number of benzene rings is 3. The average molecular weight is 458 g/mol. The molecule has 0 radical (unpaired) electrons. The number of rotatable bonds is 7. The fraction of sp³-hybridized carbons (Fsp3) is 0.231. The molecule has 0 spiro atoms. The minimum atomic E-state index is -0.246. The Hall–Kier alpha value is -3.58. The van der Waals surface area contributed by atoms with Gasteiger partial charge in [-0.2, -0.15) is 4.80 Å². The predicted octanol–water partition coefficient (Wildman–Crippen LogP) is 5.45. The van der Waals surface area contributed by atoms with Gasteiger partial charge in [0.25, 0.3) is 5.91 Å². The summed E-state index contributed by atoms with van der Waals surface area (Å²) in [5, 5.41) is 15.2. The van der Waals surface area contributed by atoms with Crippen LogP contribution >= 0.6 is 12.2 Å². The van der Waals surface area contributed by atoms with Gasteiger partial charge in [0, 0.05) is 11.3 Å². The minimum absolute atomic E-state index is 0.231. The van der Waals surface area contributed by atoms with E-state index >= 15 is 0 Å². The normalized spacial score (nSPS) is 10.8. The lowest BCUT2D eigenvalue weighted by molar-refractivity contribution is 0.0977. The second-order valence-electron chi connectivity index (χ2n) is 7.92. The van der Waals surface area contributed by atoms with Crippen LogP contribution in [0.2, 0.25) is 0 Å². The second kappa shape index (κ2) is 10.4. The van der Waals surface area contributed by atoms with Gasteiger partial charge in [0.2, 0.25) is 0 Å². The van der Waals surface area contributed by atoms with Crippen molar-refractivity contribution in [2.24, 2.45) is 0 Å². The van der Waals surface area contributed by atoms with Gasteiger partial charge in [-0.3, -0.25) is 10.1 Å². The Morgan fingerprint density at radius 3 is 2.30 bits per heavy atom. The zero-order valence-corrected chi connectivity index (χ0v) is 19.7.